The minimum absolute atomic E-state index is 0.0448. The lowest BCUT2D eigenvalue weighted by atomic mass is 9.88. The number of aliphatic carboxylic acids is 1. The third-order valence-electron chi connectivity index (χ3n) is 9.37. The standard InChI is InChI=1S/C41H72N7O11/c1-4-5-6-7-8-9-10-11-12-16-36(50)45-18-20-56-22-25-59-30-38(52)46-19-21-57-23-24-58-29-37(51)44-17-14-13-15-32(40(54)55)26-35(49)41(2,3)48-39(53)34(42)27-33-28-43-31-47-33/h28,31-32,34,42H,4-27,29-30H2,1-3H3,(H,43,47)(H,44,51)(H,45,50)(H,46,52)(H,48,53)(H,54,55)/t32-,34+/m1/s1. The van der Waals surface area contributed by atoms with Crippen LogP contribution in [0.5, 0.6) is 0 Å². The van der Waals surface area contributed by atoms with Gasteiger partial charge in [-0.2, -0.15) is 0 Å². The van der Waals surface area contributed by atoms with Crippen LogP contribution in [0.2, 0.25) is 0 Å². The van der Waals surface area contributed by atoms with Gasteiger partial charge in [-0.25, -0.2) is 10.7 Å². The number of aromatic amines is 1. The summed E-state index contributed by atoms with van der Waals surface area (Å²) in [6.07, 6.45) is 15.4. The van der Waals surface area contributed by atoms with Crippen LogP contribution in [0, 0.1) is 5.92 Å². The molecule has 7 N–H and O–H groups in total. The topological polar surface area (TPSA) is 260 Å². The van der Waals surface area contributed by atoms with E-state index >= 15 is 0 Å². The van der Waals surface area contributed by atoms with Gasteiger partial charge in [0.15, 0.2) is 5.78 Å². The second-order valence-electron chi connectivity index (χ2n) is 15.1. The monoisotopic (exact) mass is 839 g/mol. The maximum absolute atomic E-state index is 12.9. The molecule has 0 aliphatic rings. The minimum Gasteiger partial charge on any atom is -0.481 e. The molecule has 59 heavy (non-hydrogen) atoms. The van der Waals surface area contributed by atoms with Crippen molar-refractivity contribution in [3.05, 3.63) is 18.2 Å². The number of imidazole rings is 1. The molecule has 1 heterocycles. The van der Waals surface area contributed by atoms with Gasteiger partial charge in [-0.3, -0.25) is 28.8 Å². The van der Waals surface area contributed by atoms with Gasteiger partial charge < -0.3 is 50.3 Å². The van der Waals surface area contributed by atoms with Gasteiger partial charge in [0.1, 0.15) is 19.3 Å². The van der Waals surface area contributed by atoms with Gasteiger partial charge in [-0.05, 0) is 33.1 Å². The highest BCUT2D eigenvalue weighted by molar-refractivity contribution is 5.95. The van der Waals surface area contributed by atoms with Gasteiger partial charge in [0, 0.05) is 50.8 Å². The van der Waals surface area contributed by atoms with Crippen LogP contribution in [-0.4, -0.2) is 135 Å². The Morgan fingerprint density at radius 2 is 1.27 bits per heavy atom. The van der Waals surface area contributed by atoms with Gasteiger partial charge in [-0.1, -0.05) is 64.7 Å². The van der Waals surface area contributed by atoms with Gasteiger partial charge in [-0.15, -0.1) is 0 Å². The van der Waals surface area contributed by atoms with Crippen LogP contribution >= 0.6 is 0 Å². The van der Waals surface area contributed by atoms with Crippen molar-refractivity contribution in [1.82, 2.24) is 37.0 Å². The van der Waals surface area contributed by atoms with Crippen LogP contribution < -0.4 is 27.0 Å². The fourth-order valence-corrected chi connectivity index (χ4v) is 5.79. The molecule has 1 aromatic rings. The maximum Gasteiger partial charge on any atom is 0.306 e. The van der Waals surface area contributed by atoms with Crippen LogP contribution in [0.4, 0.5) is 0 Å². The molecule has 0 fully saturated rings. The van der Waals surface area contributed by atoms with E-state index in [-0.39, 0.29) is 83.2 Å². The summed E-state index contributed by atoms with van der Waals surface area (Å²) in [5.41, 5.74) is 7.33. The van der Waals surface area contributed by atoms with Gasteiger partial charge in [0.25, 0.3) is 0 Å². The van der Waals surface area contributed by atoms with Crippen molar-refractivity contribution < 1.29 is 52.8 Å². The first-order valence-corrected chi connectivity index (χ1v) is 21.2. The molecule has 1 rings (SSSR count). The zero-order chi connectivity index (χ0) is 43.6. The summed E-state index contributed by atoms with van der Waals surface area (Å²) in [6, 6.07) is -1.17. The zero-order valence-corrected chi connectivity index (χ0v) is 35.7. The Morgan fingerprint density at radius 3 is 1.83 bits per heavy atom. The highest BCUT2D eigenvalue weighted by Gasteiger charge is 2.34. The number of ether oxygens (including phenoxy) is 4. The van der Waals surface area contributed by atoms with E-state index in [1.807, 2.05) is 0 Å². The number of nitrogens with one attached hydrogen (secondary N) is 6. The summed E-state index contributed by atoms with van der Waals surface area (Å²) in [6.45, 7) is 7.52. The summed E-state index contributed by atoms with van der Waals surface area (Å²) in [5.74, 6) is -3.76. The molecule has 0 saturated carbocycles. The molecular formula is C41H72N7O11. The Hall–Kier alpha value is -3.97. The molecule has 337 valence electrons. The van der Waals surface area contributed by atoms with Crippen LogP contribution in [-0.2, 0) is 54.1 Å². The van der Waals surface area contributed by atoms with Crippen LogP contribution in [0.3, 0.4) is 0 Å². The number of Topliss-reactive ketones (excluding diaryl/α,β-unsaturated/α-hetero) is 1. The van der Waals surface area contributed by atoms with Gasteiger partial charge in [0.05, 0.1) is 57.4 Å². The van der Waals surface area contributed by atoms with E-state index < -0.39 is 35.2 Å². The Kier molecular flexibility index (Phi) is 30.4. The summed E-state index contributed by atoms with van der Waals surface area (Å²) in [7, 11) is 0. The molecule has 0 bridgehead atoms. The molecule has 2 atom stereocenters. The number of hydrogen-bond acceptors (Lipinski definition) is 11. The lowest BCUT2D eigenvalue weighted by Gasteiger charge is -2.27. The number of carbonyl (C=O) groups excluding carboxylic acids is 5. The molecule has 0 saturated heterocycles. The number of carboxylic acids is 1. The van der Waals surface area contributed by atoms with Crippen molar-refractivity contribution in [2.45, 2.75) is 129 Å². The van der Waals surface area contributed by atoms with Gasteiger partial charge in [0.2, 0.25) is 23.6 Å². The Balaban J connectivity index is 1.97. The lowest BCUT2D eigenvalue weighted by Crippen LogP contribution is -2.54. The predicted octanol–water partition coefficient (Wildman–Crippen LogP) is 2.66. The predicted molar refractivity (Wildman–Crippen MR) is 220 cm³/mol. The lowest BCUT2D eigenvalue weighted by molar-refractivity contribution is -0.145. The number of carbonyl (C=O) groups is 6. The molecule has 18 heteroatoms. The van der Waals surface area contributed by atoms with Crippen molar-refractivity contribution in [2.24, 2.45) is 5.92 Å². The summed E-state index contributed by atoms with van der Waals surface area (Å²) in [5, 5.41) is 20.5. The first-order valence-electron chi connectivity index (χ1n) is 21.2. The number of H-pyrrole nitrogens is 1. The zero-order valence-electron chi connectivity index (χ0n) is 35.7. The Bertz CT molecular complexity index is 1310. The summed E-state index contributed by atoms with van der Waals surface area (Å²) >= 11 is 0. The first kappa shape index (κ1) is 53.0. The SMILES string of the molecule is CCCCCCCCCCCC(=O)NCCOCCOCC(=O)NCCOCCOCC(=O)NCCCC[C@H](CC(=O)C(C)(C)NC(=O)[C@@H]([NH])Cc1cnc[nH]1)C(=O)O. The normalized spacial score (nSPS) is 12.4. The largest absolute Gasteiger partial charge is 0.481 e. The number of hydrogen-bond donors (Lipinski definition) is 6. The quantitative estimate of drug-likeness (QED) is 0.0523. The highest BCUT2D eigenvalue weighted by atomic mass is 16.5. The molecule has 4 amide bonds. The fourth-order valence-electron chi connectivity index (χ4n) is 5.79. The molecule has 0 aromatic carbocycles. The first-order chi connectivity index (χ1) is 28.4. The molecule has 1 radical (unpaired) electrons. The average Bonchev–Trinajstić information content (AvgIpc) is 3.71. The number of rotatable bonds is 39. The minimum atomic E-state index is -1.35. The van der Waals surface area contributed by atoms with E-state index in [2.05, 4.69) is 38.2 Å². The number of aromatic nitrogens is 2. The Morgan fingerprint density at radius 1 is 0.729 bits per heavy atom. The van der Waals surface area contributed by atoms with E-state index in [4.69, 9.17) is 24.7 Å². The van der Waals surface area contributed by atoms with Crippen LogP contribution in [0.25, 0.3) is 0 Å². The highest BCUT2D eigenvalue weighted by Crippen LogP contribution is 2.19. The number of amides is 4. The summed E-state index contributed by atoms with van der Waals surface area (Å²) < 4.78 is 21.5. The number of ketones is 1. The van der Waals surface area contributed by atoms with Crippen molar-refractivity contribution in [3.63, 3.8) is 0 Å². The molecule has 0 unspecified atom stereocenters. The van der Waals surface area contributed by atoms with E-state index in [9.17, 15) is 33.9 Å². The number of unbranched alkanes of at least 4 members (excludes halogenated alkanes) is 9. The van der Waals surface area contributed by atoms with Crippen molar-refractivity contribution in [3.8, 4) is 0 Å². The average molecular weight is 839 g/mol. The van der Waals surface area contributed by atoms with E-state index in [1.165, 1.54) is 71.3 Å². The second-order valence-corrected chi connectivity index (χ2v) is 15.1. The second kappa shape index (κ2) is 33.8. The molecular weight excluding hydrogens is 766 g/mol. The number of carboxylic acid groups (broad SMARTS) is 1. The molecule has 0 aliphatic carbocycles. The van der Waals surface area contributed by atoms with Crippen molar-refractivity contribution in [1.29, 1.82) is 0 Å². The fraction of sp³-hybridized carbons (Fsp3) is 0.780. The molecule has 18 nitrogen and oxygen atoms in total. The Labute approximate surface area is 349 Å². The smallest absolute Gasteiger partial charge is 0.306 e. The molecule has 0 spiro atoms. The van der Waals surface area contributed by atoms with E-state index in [0.717, 1.165) is 12.8 Å². The molecule has 1 aromatic heterocycles. The molecule has 0 aliphatic heterocycles. The van der Waals surface area contributed by atoms with Crippen LogP contribution in [0.15, 0.2) is 12.5 Å². The third kappa shape index (κ3) is 29.0. The van der Waals surface area contributed by atoms with Crippen molar-refractivity contribution >= 4 is 35.4 Å². The van der Waals surface area contributed by atoms with Crippen molar-refractivity contribution in [2.75, 3.05) is 72.5 Å². The van der Waals surface area contributed by atoms with E-state index in [1.54, 1.807) is 0 Å². The number of nitrogens with zero attached hydrogens (tertiary/aromatic N) is 1. The van der Waals surface area contributed by atoms with E-state index in [0.29, 0.717) is 51.3 Å². The van der Waals surface area contributed by atoms with Crippen LogP contribution in [0.1, 0.15) is 116 Å². The third-order valence-corrected chi connectivity index (χ3v) is 9.37. The van der Waals surface area contributed by atoms with Gasteiger partial charge >= 0.3 is 5.97 Å². The maximum atomic E-state index is 12.9. The summed E-state index contributed by atoms with van der Waals surface area (Å²) in [4.78, 5) is 79.8.